The number of nitrogens with zero attached hydrogens (tertiary/aromatic N) is 1. The van der Waals surface area contributed by atoms with E-state index in [4.69, 9.17) is 13.9 Å². The minimum Gasteiger partial charge on any atom is -0.497 e. The van der Waals surface area contributed by atoms with Gasteiger partial charge in [0, 0.05) is 23.8 Å². The van der Waals surface area contributed by atoms with Crippen LogP contribution in [0, 0.1) is 0 Å². The van der Waals surface area contributed by atoms with E-state index in [2.05, 4.69) is 10.6 Å². The molecule has 5 rings (SSSR count). The van der Waals surface area contributed by atoms with Crippen LogP contribution in [-0.2, 0) is 4.79 Å². The lowest BCUT2D eigenvalue weighted by Gasteiger charge is -2.32. The van der Waals surface area contributed by atoms with Gasteiger partial charge in [0.15, 0.2) is 5.78 Å². The SMILES string of the molecule is COc1ccc(OC)c(NC(=O)N2c3ccccc3NC3=C(C(=O)CCC3)[C@H]2c2ccco2)c1. The molecule has 3 aromatic rings. The molecule has 2 N–H and O–H groups in total. The number of anilines is 3. The average Bonchev–Trinajstić information content (AvgIpc) is 3.33. The van der Waals surface area contributed by atoms with Gasteiger partial charge < -0.3 is 24.5 Å². The molecular weight excluding hydrogens is 434 g/mol. The standard InChI is InChI=1S/C26H25N3O5/c1-32-16-12-13-22(33-2)19(15-16)28-26(31)29-20-9-4-3-7-17(20)27-18-8-5-10-21(30)24(18)25(29)23-11-6-14-34-23/h3-4,6-7,9,11-15,25,27H,5,8,10H2,1-2H3,(H,28,31)/t25-/m1/s1. The van der Waals surface area contributed by atoms with Crippen LogP contribution in [0.4, 0.5) is 21.9 Å². The van der Waals surface area contributed by atoms with E-state index in [9.17, 15) is 9.59 Å². The maximum absolute atomic E-state index is 14.0. The van der Waals surface area contributed by atoms with E-state index in [0.29, 0.717) is 47.0 Å². The van der Waals surface area contributed by atoms with Crippen molar-refractivity contribution in [2.45, 2.75) is 25.3 Å². The summed E-state index contributed by atoms with van der Waals surface area (Å²) in [7, 11) is 3.09. The number of hydrogen-bond acceptors (Lipinski definition) is 6. The zero-order valence-corrected chi connectivity index (χ0v) is 19.0. The molecule has 1 aliphatic carbocycles. The number of para-hydroxylation sites is 2. The van der Waals surface area contributed by atoms with Gasteiger partial charge in [0.05, 0.1) is 37.5 Å². The normalized spacial score (nSPS) is 17.3. The summed E-state index contributed by atoms with van der Waals surface area (Å²) in [5.74, 6) is 1.57. The molecule has 174 valence electrons. The molecule has 0 fully saturated rings. The predicted molar refractivity (Wildman–Crippen MR) is 128 cm³/mol. The minimum absolute atomic E-state index is 0.000262. The number of Topliss-reactive ketones (excluding diaryl/α,β-unsaturated/α-hetero) is 1. The van der Waals surface area contributed by atoms with Crippen LogP contribution < -0.4 is 25.0 Å². The van der Waals surface area contributed by atoms with Crippen LogP contribution in [0.15, 0.2) is 76.5 Å². The summed E-state index contributed by atoms with van der Waals surface area (Å²) in [6, 6.07) is 15.1. The van der Waals surface area contributed by atoms with E-state index in [1.807, 2.05) is 24.3 Å². The number of benzene rings is 2. The maximum atomic E-state index is 14.0. The zero-order valence-electron chi connectivity index (χ0n) is 19.0. The van der Waals surface area contributed by atoms with Crippen molar-refractivity contribution in [3.8, 4) is 11.5 Å². The lowest BCUT2D eigenvalue weighted by Crippen LogP contribution is -2.40. The number of carbonyl (C=O) groups excluding carboxylic acids is 2. The first-order chi connectivity index (χ1) is 16.6. The van der Waals surface area contributed by atoms with E-state index in [-0.39, 0.29) is 5.78 Å². The van der Waals surface area contributed by atoms with Crippen molar-refractivity contribution in [1.82, 2.24) is 0 Å². The van der Waals surface area contributed by atoms with Gasteiger partial charge in [0.2, 0.25) is 0 Å². The molecule has 1 aliphatic heterocycles. The molecular formula is C26H25N3O5. The Hall–Kier alpha value is -4.20. The Morgan fingerprint density at radius 2 is 1.94 bits per heavy atom. The molecule has 8 heteroatoms. The highest BCUT2D eigenvalue weighted by Gasteiger charge is 2.41. The van der Waals surface area contributed by atoms with Crippen LogP contribution >= 0.6 is 0 Å². The summed E-state index contributed by atoms with van der Waals surface area (Å²) in [6.07, 6.45) is 3.44. The first kappa shape index (κ1) is 21.6. The Balaban J connectivity index is 1.66. The fourth-order valence-corrected chi connectivity index (χ4v) is 4.56. The number of ether oxygens (including phenoxy) is 2. The number of fused-ring (bicyclic) bond motifs is 1. The lowest BCUT2D eigenvalue weighted by atomic mass is 9.88. The molecule has 34 heavy (non-hydrogen) atoms. The van der Waals surface area contributed by atoms with E-state index in [0.717, 1.165) is 17.8 Å². The van der Waals surface area contributed by atoms with Crippen LogP contribution in [0.1, 0.15) is 31.1 Å². The Bertz CT molecular complexity index is 1270. The molecule has 0 bridgehead atoms. The number of hydrogen-bond donors (Lipinski definition) is 2. The van der Waals surface area contributed by atoms with Gasteiger partial charge in [0.25, 0.3) is 0 Å². The molecule has 0 radical (unpaired) electrons. The molecule has 1 atom stereocenters. The van der Waals surface area contributed by atoms with Crippen LogP contribution in [0.2, 0.25) is 0 Å². The second-order valence-corrected chi connectivity index (χ2v) is 8.10. The van der Waals surface area contributed by atoms with E-state index < -0.39 is 12.1 Å². The predicted octanol–water partition coefficient (Wildman–Crippen LogP) is 5.51. The third kappa shape index (κ3) is 3.77. The van der Waals surface area contributed by atoms with E-state index in [1.54, 1.807) is 48.6 Å². The second-order valence-electron chi connectivity index (χ2n) is 8.10. The molecule has 0 saturated heterocycles. The second kappa shape index (κ2) is 8.97. The van der Waals surface area contributed by atoms with Crippen LogP contribution in [0.5, 0.6) is 11.5 Å². The smallest absolute Gasteiger partial charge is 0.327 e. The topological polar surface area (TPSA) is 93.0 Å². The van der Waals surface area contributed by atoms with E-state index in [1.165, 1.54) is 7.11 Å². The number of ketones is 1. The first-order valence-corrected chi connectivity index (χ1v) is 11.1. The highest BCUT2D eigenvalue weighted by Crippen LogP contribution is 2.45. The number of methoxy groups -OCH3 is 2. The summed E-state index contributed by atoms with van der Waals surface area (Å²) in [5.41, 5.74) is 3.19. The Kier molecular flexibility index (Phi) is 5.71. The molecule has 8 nitrogen and oxygen atoms in total. The molecule has 2 aromatic carbocycles. The van der Waals surface area contributed by atoms with E-state index >= 15 is 0 Å². The number of rotatable bonds is 4. The highest BCUT2D eigenvalue weighted by atomic mass is 16.5. The summed E-state index contributed by atoms with van der Waals surface area (Å²) < 4.78 is 16.5. The van der Waals surface area contributed by atoms with Crippen molar-refractivity contribution >= 4 is 28.9 Å². The fraction of sp³-hybridized carbons (Fsp3) is 0.231. The number of urea groups is 1. The summed E-state index contributed by atoms with van der Waals surface area (Å²) >= 11 is 0. The Labute approximate surface area is 197 Å². The molecule has 2 amide bonds. The zero-order chi connectivity index (χ0) is 23.7. The van der Waals surface area contributed by atoms with Crippen molar-refractivity contribution < 1.29 is 23.5 Å². The monoisotopic (exact) mass is 459 g/mol. The molecule has 0 unspecified atom stereocenters. The van der Waals surface area contributed by atoms with Crippen LogP contribution in [-0.4, -0.2) is 26.0 Å². The maximum Gasteiger partial charge on any atom is 0.327 e. The third-order valence-corrected chi connectivity index (χ3v) is 6.12. The number of furan rings is 1. The van der Waals surface area contributed by atoms with Gasteiger partial charge in [0.1, 0.15) is 23.3 Å². The number of allylic oxidation sites excluding steroid dienone is 1. The van der Waals surface area contributed by atoms with Crippen LogP contribution in [0.3, 0.4) is 0 Å². The summed E-state index contributed by atoms with van der Waals surface area (Å²) in [6.45, 7) is 0. The number of carbonyl (C=O) groups is 2. The highest BCUT2D eigenvalue weighted by molar-refractivity contribution is 6.09. The molecule has 1 aromatic heterocycles. The molecule has 0 saturated carbocycles. The summed E-state index contributed by atoms with van der Waals surface area (Å²) in [5, 5.41) is 6.38. The quantitative estimate of drug-likeness (QED) is 0.535. The van der Waals surface area contributed by atoms with Gasteiger partial charge in [-0.2, -0.15) is 0 Å². The van der Waals surface area contributed by atoms with Crippen molar-refractivity contribution in [1.29, 1.82) is 0 Å². The summed E-state index contributed by atoms with van der Waals surface area (Å²) in [4.78, 5) is 28.7. The van der Waals surface area contributed by atoms with Crippen molar-refractivity contribution in [3.05, 3.63) is 77.9 Å². The van der Waals surface area contributed by atoms with Gasteiger partial charge >= 0.3 is 6.03 Å². The molecule has 2 aliphatic rings. The van der Waals surface area contributed by atoms with Crippen molar-refractivity contribution in [2.24, 2.45) is 0 Å². The molecule has 2 heterocycles. The average molecular weight is 460 g/mol. The van der Waals surface area contributed by atoms with Crippen LogP contribution in [0.25, 0.3) is 0 Å². The lowest BCUT2D eigenvalue weighted by molar-refractivity contribution is -0.116. The Morgan fingerprint density at radius 3 is 2.71 bits per heavy atom. The number of nitrogens with one attached hydrogen (secondary N) is 2. The van der Waals surface area contributed by atoms with Gasteiger partial charge in [-0.05, 0) is 49.2 Å². The first-order valence-electron chi connectivity index (χ1n) is 11.1. The third-order valence-electron chi connectivity index (χ3n) is 6.12. The molecule has 0 spiro atoms. The van der Waals surface area contributed by atoms with Gasteiger partial charge in [-0.3, -0.25) is 9.69 Å². The van der Waals surface area contributed by atoms with Crippen molar-refractivity contribution in [3.63, 3.8) is 0 Å². The fourth-order valence-electron chi connectivity index (χ4n) is 4.56. The van der Waals surface area contributed by atoms with Gasteiger partial charge in [-0.1, -0.05) is 12.1 Å². The van der Waals surface area contributed by atoms with Gasteiger partial charge in [-0.25, -0.2) is 4.79 Å². The number of amides is 2. The minimum atomic E-state index is -0.731. The largest absolute Gasteiger partial charge is 0.497 e. The Morgan fingerprint density at radius 1 is 1.09 bits per heavy atom. The van der Waals surface area contributed by atoms with Gasteiger partial charge in [-0.15, -0.1) is 0 Å². The van der Waals surface area contributed by atoms with Crippen molar-refractivity contribution in [2.75, 3.05) is 29.8 Å².